The molecular weight excluding hydrogens is 510 g/mol. The van der Waals surface area contributed by atoms with E-state index in [1.54, 1.807) is 24.3 Å². The van der Waals surface area contributed by atoms with Gasteiger partial charge in [-0.1, -0.05) is 126 Å². The first kappa shape index (κ1) is 32.6. The summed E-state index contributed by atoms with van der Waals surface area (Å²) in [5, 5.41) is 2.94. The van der Waals surface area contributed by atoms with Crippen molar-refractivity contribution < 1.29 is 19.1 Å². The summed E-state index contributed by atoms with van der Waals surface area (Å²) in [6.07, 6.45) is 17.5. The molecule has 0 aliphatic rings. The van der Waals surface area contributed by atoms with Gasteiger partial charge in [0.05, 0.1) is 29.3 Å². The molecule has 0 aromatic heterocycles. The fraction of sp³-hybridized carbons (Fsp3) is 0.545. The van der Waals surface area contributed by atoms with Crippen LogP contribution < -0.4 is 5.32 Å². The van der Waals surface area contributed by atoms with E-state index in [2.05, 4.69) is 12.2 Å². The topological polar surface area (TPSA) is 72.5 Å². The highest BCUT2D eigenvalue weighted by Gasteiger charge is 2.16. The number of hydrogen-bond acceptors (Lipinski definition) is 4. The van der Waals surface area contributed by atoms with E-state index >= 15 is 0 Å². The van der Waals surface area contributed by atoms with Gasteiger partial charge in [-0.05, 0) is 37.1 Å². The van der Waals surface area contributed by atoms with Gasteiger partial charge < -0.3 is 10.1 Å². The van der Waals surface area contributed by atoms with Gasteiger partial charge in [-0.2, -0.15) is 0 Å². The Kier molecular flexibility index (Phi) is 16.2. The molecule has 0 radical (unpaired) electrons. The third-order valence-electron chi connectivity index (χ3n) is 6.97. The number of hydrogen-bond donors (Lipinski definition) is 1. The molecule has 0 heterocycles. The molecule has 0 bridgehead atoms. The molecule has 1 amide bonds. The normalized spacial score (nSPS) is 10.8. The number of carbonyl (C=O) groups is 3. The van der Waals surface area contributed by atoms with Crippen LogP contribution in [0.5, 0.6) is 0 Å². The fourth-order valence-corrected chi connectivity index (χ4v) is 4.78. The highest BCUT2D eigenvalue weighted by molar-refractivity contribution is 6.34. The van der Waals surface area contributed by atoms with Crippen LogP contribution in [0.2, 0.25) is 5.02 Å². The average Bonchev–Trinajstić information content (AvgIpc) is 2.92. The number of ketones is 1. The van der Waals surface area contributed by atoms with Gasteiger partial charge >= 0.3 is 5.97 Å². The molecule has 6 heteroatoms. The number of unbranched alkanes of at least 4 members (excludes halogenated alkanes) is 13. The summed E-state index contributed by atoms with van der Waals surface area (Å²) < 4.78 is 5.42. The number of anilines is 1. The maximum atomic E-state index is 12.5. The molecule has 0 spiro atoms. The molecule has 214 valence electrons. The predicted octanol–water partition coefficient (Wildman–Crippen LogP) is 9.50. The average molecular weight is 556 g/mol. The van der Waals surface area contributed by atoms with Crippen molar-refractivity contribution in [2.75, 3.05) is 11.9 Å². The maximum Gasteiger partial charge on any atom is 0.338 e. The van der Waals surface area contributed by atoms with Gasteiger partial charge in [0, 0.05) is 5.56 Å². The van der Waals surface area contributed by atoms with Gasteiger partial charge in [0.1, 0.15) is 0 Å². The van der Waals surface area contributed by atoms with Gasteiger partial charge in [0.15, 0.2) is 5.78 Å². The van der Waals surface area contributed by atoms with E-state index in [9.17, 15) is 14.4 Å². The van der Waals surface area contributed by atoms with E-state index in [4.69, 9.17) is 16.3 Å². The Bertz CT molecular complexity index is 1040. The Morgan fingerprint density at radius 2 is 1.33 bits per heavy atom. The Hall–Kier alpha value is -2.66. The van der Waals surface area contributed by atoms with Crippen molar-refractivity contribution in [1.82, 2.24) is 0 Å². The first-order valence-electron chi connectivity index (χ1n) is 14.8. The third kappa shape index (κ3) is 13.3. The summed E-state index contributed by atoms with van der Waals surface area (Å²) in [4.78, 5) is 37.4. The molecule has 0 atom stereocenters. The van der Waals surface area contributed by atoms with Crippen LogP contribution in [0.4, 0.5) is 5.69 Å². The molecule has 2 aromatic rings. The number of benzene rings is 2. The number of carbonyl (C=O) groups excluding carboxylic acids is 3. The van der Waals surface area contributed by atoms with Gasteiger partial charge in [-0.3, -0.25) is 9.59 Å². The number of ether oxygens (including phenoxy) is 1. The van der Waals surface area contributed by atoms with Crippen LogP contribution in [0.15, 0.2) is 42.5 Å². The number of halogens is 1. The van der Waals surface area contributed by atoms with E-state index in [0.29, 0.717) is 17.7 Å². The van der Waals surface area contributed by atoms with Crippen molar-refractivity contribution in [3.63, 3.8) is 0 Å². The lowest BCUT2D eigenvalue weighted by Crippen LogP contribution is -2.18. The Morgan fingerprint density at radius 1 is 0.769 bits per heavy atom. The van der Waals surface area contributed by atoms with E-state index in [1.807, 2.05) is 19.1 Å². The summed E-state index contributed by atoms with van der Waals surface area (Å²) in [7, 11) is 0. The van der Waals surface area contributed by atoms with Crippen molar-refractivity contribution in [2.45, 2.75) is 110 Å². The van der Waals surface area contributed by atoms with Crippen molar-refractivity contribution in [2.24, 2.45) is 0 Å². The molecule has 0 saturated carbocycles. The first-order valence-corrected chi connectivity index (χ1v) is 15.2. The van der Waals surface area contributed by atoms with Gasteiger partial charge in [-0.25, -0.2) is 4.79 Å². The number of Topliss-reactive ketones (excluding diaryl/α,β-unsaturated/α-hetero) is 1. The zero-order valence-electron chi connectivity index (χ0n) is 23.9. The van der Waals surface area contributed by atoms with Crippen LogP contribution in [-0.2, 0) is 9.53 Å². The lowest BCUT2D eigenvalue weighted by atomic mass is 10.0. The third-order valence-corrected chi connectivity index (χ3v) is 7.30. The molecule has 0 saturated heterocycles. The number of amides is 1. The predicted molar refractivity (Wildman–Crippen MR) is 161 cm³/mol. The van der Waals surface area contributed by atoms with Gasteiger partial charge in [0.25, 0.3) is 0 Å². The van der Waals surface area contributed by atoms with Crippen molar-refractivity contribution >= 4 is 34.9 Å². The zero-order chi connectivity index (χ0) is 28.3. The van der Waals surface area contributed by atoms with Crippen molar-refractivity contribution in [1.29, 1.82) is 0 Å². The van der Waals surface area contributed by atoms with Crippen LogP contribution in [0.3, 0.4) is 0 Å². The molecule has 2 rings (SSSR count). The van der Waals surface area contributed by atoms with E-state index in [-0.39, 0.29) is 22.9 Å². The summed E-state index contributed by atoms with van der Waals surface area (Å²) in [5.74, 6) is -1.21. The second-order valence-corrected chi connectivity index (χ2v) is 10.8. The summed E-state index contributed by atoms with van der Waals surface area (Å²) >= 11 is 6.22. The first-order chi connectivity index (χ1) is 18.9. The number of esters is 1. The molecule has 5 nitrogen and oxygen atoms in total. The molecule has 0 fully saturated rings. The second kappa shape index (κ2) is 19.4. The Labute approximate surface area is 240 Å². The SMILES string of the molecule is CCCCCCCCCCCCCCCCOC(=O)c1ccc(Cl)c(NC(=O)CC(=O)c2ccccc2C)c1. The smallest absolute Gasteiger partial charge is 0.338 e. The van der Waals surface area contributed by atoms with Crippen LogP contribution in [0, 0.1) is 6.92 Å². The Balaban J connectivity index is 1.60. The van der Waals surface area contributed by atoms with Crippen molar-refractivity contribution in [3.05, 3.63) is 64.2 Å². The quantitative estimate of drug-likeness (QED) is 0.0763. The molecule has 2 aromatic carbocycles. The number of aryl methyl sites for hydroxylation is 1. The second-order valence-electron chi connectivity index (χ2n) is 10.4. The fourth-order valence-electron chi connectivity index (χ4n) is 4.61. The lowest BCUT2D eigenvalue weighted by Gasteiger charge is -2.10. The highest BCUT2D eigenvalue weighted by Crippen LogP contribution is 2.24. The molecule has 39 heavy (non-hydrogen) atoms. The van der Waals surface area contributed by atoms with Crippen LogP contribution in [0.1, 0.15) is 130 Å². The summed E-state index contributed by atoms with van der Waals surface area (Å²) in [6, 6.07) is 11.8. The van der Waals surface area contributed by atoms with Gasteiger partial charge in [-0.15, -0.1) is 0 Å². The molecule has 0 aliphatic carbocycles. The Morgan fingerprint density at radius 3 is 1.92 bits per heavy atom. The minimum Gasteiger partial charge on any atom is -0.462 e. The molecule has 0 unspecified atom stereocenters. The monoisotopic (exact) mass is 555 g/mol. The maximum absolute atomic E-state index is 12.5. The van der Waals surface area contributed by atoms with E-state index < -0.39 is 11.9 Å². The largest absolute Gasteiger partial charge is 0.462 e. The zero-order valence-corrected chi connectivity index (χ0v) is 24.6. The van der Waals surface area contributed by atoms with Gasteiger partial charge in [0.2, 0.25) is 5.91 Å². The number of nitrogens with one attached hydrogen (secondary N) is 1. The lowest BCUT2D eigenvalue weighted by molar-refractivity contribution is -0.115. The van der Waals surface area contributed by atoms with E-state index in [1.165, 1.54) is 76.7 Å². The standard InChI is InChI=1S/C33H46ClNO4/c1-3-4-5-6-7-8-9-10-11-12-13-14-15-18-23-39-33(38)27-21-22-29(34)30(24-27)35-32(37)25-31(36)28-20-17-16-19-26(28)2/h16-17,19-22,24H,3-15,18,23,25H2,1-2H3,(H,35,37). The van der Waals surface area contributed by atoms with Crippen molar-refractivity contribution in [3.8, 4) is 0 Å². The summed E-state index contributed by atoms with van der Waals surface area (Å²) in [5.41, 5.74) is 1.92. The van der Waals surface area contributed by atoms with E-state index in [0.717, 1.165) is 24.8 Å². The minimum absolute atomic E-state index is 0.273. The molecule has 0 aliphatic heterocycles. The minimum atomic E-state index is -0.488. The molecule has 1 N–H and O–H groups in total. The van der Waals surface area contributed by atoms with Crippen LogP contribution in [0.25, 0.3) is 0 Å². The van der Waals surface area contributed by atoms with Crippen LogP contribution >= 0.6 is 11.6 Å². The molecular formula is C33H46ClNO4. The highest BCUT2D eigenvalue weighted by atomic mass is 35.5. The van der Waals surface area contributed by atoms with Crippen LogP contribution in [-0.4, -0.2) is 24.3 Å². The summed E-state index contributed by atoms with van der Waals surface area (Å²) in [6.45, 7) is 4.45. The number of rotatable bonds is 20.